The molecule has 1 unspecified atom stereocenters. The molecule has 2 aromatic carbocycles. The number of nitrogens with zero attached hydrogens (tertiary/aromatic N) is 6. The van der Waals surface area contributed by atoms with Gasteiger partial charge in [-0.2, -0.15) is 10.2 Å². The lowest BCUT2D eigenvalue weighted by atomic mass is 10.2. The third-order valence-corrected chi connectivity index (χ3v) is 5.87. The molecule has 5 aromatic rings. The van der Waals surface area contributed by atoms with Crippen LogP contribution in [0.5, 0.6) is 0 Å². The van der Waals surface area contributed by atoms with Gasteiger partial charge in [0, 0.05) is 23.7 Å². The number of nitrogens with one attached hydrogen (secondary N) is 3. The van der Waals surface area contributed by atoms with Gasteiger partial charge >= 0.3 is 0 Å². The molecule has 1 amide bonds. The summed E-state index contributed by atoms with van der Waals surface area (Å²) in [5.74, 6) is -0.187. The van der Waals surface area contributed by atoms with Gasteiger partial charge in [-0.3, -0.25) is 14.6 Å². The Morgan fingerprint density at radius 1 is 1.09 bits per heavy atom. The first-order valence-electron chi connectivity index (χ1n) is 10.8. The summed E-state index contributed by atoms with van der Waals surface area (Å²) in [7, 11) is 0. The summed E-state index contributed by atoms with van der Waals surface area (Å²) < 4.78 is 3.57. The number of carbonyl (C=O) groups is 1. The zero-order valence-corrected chi connectivity index (χ0v) is 17.6. The molecule has 4 heterocycles. The average molecular weight is 439 g/mol. The molecule has 164 valence electrons. The van der Waals surface area contributed by atoms with Gasteiger partial charge in [0.2, 0.25) is 0 Å². The molecule has 10 heteroatoms. The molecule has 6 rings (SSSR count). The SMILES string of the molecule is O=C(Nc1cnn(C2CCNC2)c1)c1ccc(-n2cc(-c3n[nH]c4ccccc34)nn2)cc1. The Labute approximate surface area is 188 Å². The molecule has 3 N–H and O–H groups in total. The van der Waals surface area contributed by atoms with Crippen LogP contribution < -0.4 is 10.6 Å². The number of benzene rings is 2. The lowest BCUT2D eigenvalue weighted by Gasteiger charge is -2.08. The summed E-state index contributed by atoms with van der Waals surface area (Å²) in [5, 5.41) is 27.5. The highest BCUT2D eigenvalue weighted by Gasteiger charge is 2.18. The fraction of sp³-hybridized carbons (Fsp3) is 0.174. The molecular weight excluding hydrogens is 418 g/mol. The lowest BCUT2D eigenvalue weighted by molar-refractivity contribution is 0.102. The Morgan fingerprint density at radius 2 is 1.97 bits per heavy atom. The van der Waals surface area contributed by atoms with E-state index in [1.54, 1.807) is 23.0 Å². The number of anilines is 1. The first-order chi connectivity index (χ1) is 16.2. The highest BCUT2D eigenvalue weighted by molar-refractivity contribution is 6.04. The van der Waals surface area contributed by atoms with E-state index in [9.17, 15) is 4.79 Å². The van der Waals surface area contributed by atoms with Gasteiger partial charge in [-0.05, 0) is 43.3 Å². The van der Waals surface area contributed by atoms with Crippen LogP contribution in [0.25, 0.3) is 28.0 Å². The van der Waals surface area contributed by atoms with Crippen molar-refractivity contribution in [3.63, 3.8) is 0 Å². The number of hydrogen-bond acceptors (Lipinski definition) is 6. The van der Waals surface area contributed by atoms with Crippen LogP contribution in [0.2, 0.25) is 0 Å². The van der Waals surface area contributed by atoms with Gasteiger partial charge in [-0.25, -0.2) is 4.68 Å². The number of rotatable bonds is 5. The van der Waals surface area contributed by atoms with Gasteiger partial charge in [0.05, 0.1) is 35.3 Å². The van der Waals surface area contributed by atoms with E-state index in [-0.39, 0.29) is 5.91 Å². The Balaban J connectivity index is 1.17. The molecule has 0 spiro atoms. The Morgan fingerprint density at radius 3 is 2.82 bits per heavy atom. The standard InChI is InChI=1S/C23H21N9O/c33-23(26-16-11-25-31(13-16)18-9-10-24-12-18)15-5-7-17(8-6-15)32-14-21(28-30-32)22-19-3-1-2-4-20(19)27-29-22/h1-8,11,13-14,18,24H,9-10,12H2,(H,26,33)(H,27,29). The van der Waals surface area contributed by atoms with E-state index in [2.05, 4.69) is 36.2 Å². The molecule has 0 saturated carbocycles. The second-order valence-electron chi connectivity index (χ2n) is 8.02. The first-order valence-corrected chi connectivity index (χ1v) is 10.8. The second kappa shape index (κ2) is 7.99. The number of hydrogen-bond donors (Lipinski definition) is 3. The third kappa shape index (κ3) is 3.66. The molecule has 3 aromatic heterocycles. The summed E-state index contributed by atoms with van der Waals surface area (Å²) in [6.07, 6.45) is 6.42. The van der Waals surface area contributed by atoms with E-state index < -0.39 is 0 Å². The number of amides is 1. The van der Waals surface area contributed by atoms with Crippen LogP contribution >= 0.6 is 0 Å². The number of H-pyrrole nitrogens is 1. The monoisotopic (exact) mass is 439 g/mol. The molecule has 1 saturated heterocycles. The molecule has 33 heavy (non-hydrogen) atoms. The van der Waals surface area contributed by atoms with Gasteiger partial charge in [0.1, 0.15) is 11.4 Å². The fourth-order valence-corrected chi connectivity index (χ4v) is 4.09. The summed E-state index contributed by atoms with van der Waals surface area (Å²) in [6.45, 7) is 1.89. The maximum atomic E-state index is 12.7. The molecule has 1 aliphatic rings. The van der Waals surface area contributed by atoms with Crippen molar-refractivity contribution >= 4 is 22.5 Å². The predicted octanol–water partition coefficient (Wildman–Crippen LogP) is 2.79. The smallest absolute Gasteiger partial charge is 0.255 e. The van der Waals surface area contributed by atoms with E-state index in [1.807, 2.05) is 53.5 Å². The maximum Gasteiger partial charge on any atom is 0.255 e. The second-order valence-corrected chi connectivity index (χ2v) is 8.02. The van der Waals surface area contributed by atoms with Crippen molar-refractivity contribution < 1.29 is 4.79 Å². The molecule has 1 fully saturated rings. The van der Waals surface area contributed by atoms with Crippen LogP contribution in [0.1, 0.15) is 22.8 Å². The van der Waals surface area contributed by atoms with Gasteiger partial charge in [0.25, 0.3) is 5.91 Å². The summed E-state index contributed by atoms with van der Waals surface area (Å²) in [6, 6.07) is 15.4. The zero-order chi connectivity index (χ0) is 22.2. The van der Waals surface area contributed by atoms with Crippen LogP contribution in [-0.4, -0.2) is 54.0 Å². The largest absolute Gasteiger partial charge is 0.319 e. The van der Waals surface area contributed by atoms with Gasteiger partial charge in [0.15, 0.2) is 0 Å². The van der Waals surface area contributed by atoms with Crippen molar-refractivity contribution in [2.24, 2.45) is 0 Å². The summed E-state index contributed by atoms with van der Waals surface area (Å²) in [5.41, 5.74) is 4.40. The normalized spacial score (nSPS) is 15.8. The minimum atomic E-state index is -0.187. The topological polar surface area (TPSA) is 118 Å². The van der Waals surface area contributed by atoms with Crippen molar-refractivity contribution in [2.45, 2.75) is 12.5 Å². The van der Waals surface area contributed by atoms with Crippen molar-refractivity contribution in [1.82, 2.24) is 40.3 Å². The van der Waals surface area contributed by atoms with Crippen molar-refractivity contribution in [3.8, 4) is 17.1 Å². The van der Waals surface area contributed by atoms with Crippen LogP contribution in [-0.2, 0) is 0 Å². The molecule has 1 atom stereocenters. The minimum Gasteiger partial charge on any atom is -0.319 e. The Kier molecular flexibility index (Phi) is 4.69. The van der Waals surface area contributed by atoms with E-state index in [0.29, 0.717) is 23.0 Å². The summed E-state index contributed by atoms with van der Waals surface area (Å²) in [4.78, 5) is 12.7. The van der Waals surface area contributed by atoms with E-state index in [1.165, 1.54) is 0 Å². The molecular formula is C23H21N9O. The van der Waals surface area contributed by atoms with Crippen molar-refractivity contribution in [2.75, 3.05) is 18.4 Å². The average Bonchev–Trinajstić information content (AvgIpc) is 3.65. The summed E-state index contributed by atoms with van der Waals surface area (Å²) >= 11 is 0. The molecule has 0 radical (unpaired) electrons. The Bertz CT molecular complexity index is 1420. The molecule has 0 bridgehead atoms. The molecule has 10 nitrogen and oxygen atoms in total. The van der Waals surface area contributed by atoms with Gasteiger partial charge in [-0.1, -0.05) is 23.4 Å². The molecule has 0 aliphatic carbocycles. The number of fused-ring (bicyclic) bond motifs is 1. The first kappa shape index (κ1) is 19.4. The van der Waals surface area contributed by atoms with Crippen LogP contribution in [0, 0.1) is 0 Å². The number of aromatic amines is 1. The maximum absolute atomic E-state index is 12.7. The molecule has 1 aliphatic heterocycles. The minimum absolute atomic E-state index is 0.187. The van der Waals surface area contributed by atoms with Crippen molar-refractivity contribution in [1.29, 1.82) is 0 Å². The van der Waals surface area contributed by atoms with Crippen LogP contribution in [0.15, 0.2) is 67.1 Å². The van der Waals surface area contributed by atoms with Crippen LogP contribution in [0.4, 0.5) is 5.69 Å². The lowest BCUT2D eigenvalue weighted by Crippen LogP contribution is -2.14. The van der Waals surface area contributed by atoms with Gasteiger partial charge in [-0.15, -0.1) is 5.10 Å². The quantitative estimate of drug-likeness (QED) is 0.388. The highest BCUT2D eigenvalue weighted by atomic mass is 16.1. The van der Waals surface area contributed by atoms with Crippen molar-refractivity contribution in [3.05, 3.63) is 72.7 Å². The predicted molar refractivity (Wildman–Crippen MR) is 123 cm³/mol. The Hall–Kier alpha value is -4.31. The highest BCUT2D eigenvalue weighted by Crippen LogP contribution is 2.25. The fourth-order valence-electron chi connectivity index (χ4n) is 4.09. The van der Waals surface area contributed by atoms with Gasteiger partial charge < -0.3 is 10.6 Å². The van der Waals surface area contributed by atoms with Crippen LogP contribution in [0.3, 0.4) is 0 Å². The third-order valence-electron chi connectivity index (χ3n) is 5.87. The van der Waals surface area contributed by atoms with E-state index in [0.717, 1.165) is 41.8 Å². The van der Waals surface area contributed by atoms with E-state index in [4.69, 9.17) is 0 Å². The number of aromatic nitrogens is 7. The number of para-hydroxylation sites is 1. The van der Waals surface area contributed by atoms with E-state index >= 15 is 0 Å². The number of carbonyl (C=O) groups excluding carboxylic acids is 1. The zero-order valence-electron chi connectivity index (χ0n) is 17.6.